The van der Waals surface area contributed by atoms with Gasteiger partial charge in [0.05, 0.1) is 18.1 Å². The van der Waals surface area contributed by atoms with Gasteiger partial charge in [-0.25, -0.2) is 0 Å². The predicted octanol–water partition coefficient (Wildman–Crippen LogP) is 2.74. The first-order valence-electron chi connectivity index (χ1n) is 10.4. The molecule has 2 heterocycles. The normalized spacial score (nSPS) is 18.3. The van der Waals surface area contributed by atoms with Crippen molar-refractivity contribution in [2.75, 3.05) is 39.5 Å². The van der Waals surface area contributed by atoms with E-state index in [1.807, 2.05) is 32.0 Å². The van der Waals surface area contributed by atoms with Crippen molar-refractivity contribution in [1.82, 2.24) is 10.2 Å². The van der Waals surface area contributed by atoms with Crippen LogP contribution in [0.5, 0.6) is 11.5 Å². The van der Waals surface area contributed by atoms with Gasteiger partial charge in [0, 0.05) is 25.7 Å². The number of ether oxygens (including phenoxy) is 3. The van der Waals surface area contributed by atoms with E-state index in [-0.39, 0.29) is 18.1 Å². The summed E-state index contributed by atoms with van der Waals surface area (Å²) in [5, 5.41) is 3.26. The molecule has 0 atom stereocenters. The molecule has 156 valence electrons. The Bertz CT molecular complexity index is 667. The number of nitrogens with zero attached hydrogens (tertiary/aromatic N) is 1. The van der Waals surface area contributed by atoms with Crippen LogP contribution in [0.1, 0.15) is 46.1 Å². The molecule has 0 aliphatic carbocycles. The molecule has 1 fully saturated rings. The number of fused-ring (bicyclic) bond motifs is 1. The monoisotopic (exact) mass is 390 g/mol. The number of likely N-dealkylation sites (tertiary alicyclic amines) is 1. The number of benzene rings is 1. The van der Waals surface area contributed by atoms with Crippen molar-refractivity contribution in [2.45, 2.75) is 58.1 Å². The number of nitrogens with one attached hydrogen (secondary N) is 1. The Balaban J connectivity index is 1.51. The van der Waals surface area contributed by atoms with Gasteiger partial charge in [0.15, 0.2) is 11.5 Å². The van der Waals surface area contributed by atoms with Gasteiger partial charge in [-0.3, -0.25) is 4.79 Å². The van der Waals surface area contributed by atoms with Crippen molar-refractivity contribution >= 4 is 5.91 Å². The van der Waals surface area contributed by atoms with Crippen molar-refractivity contribution in [3.8, 4) is 11.5 Å². The first-order chi connectivity index (χ1) is 13.4. The molecule has 1 N–H and O–H groups in total. The third-order valence-corrected chi connectivity index (χ3v) is 5.61. The molecular weight excluding hydrogens is 356 g/mol. The maximum Gasteiger partial charge on any atom is 0.230 e. The fourth-order valence-electron chi connectivity index (χ4n) is 3.65. The molecule has 28 heavy (non-hydrogen) atoms. The Morgan fingerprint density at radius 2 is 1.89 bits per heavy atom. The van der Waals surface area contributed by atoms with Crippen molar-refractivity contribution < 1.29 is 19.0 Å². The maximum atomic E-state index is 13.0. The lowest BCUT2D eigenvalue weighted by Gasteiger charge is -2.34. The quantitative estimate of drug-likeness (QED) is 0.776. The van der Waals surface area contributed by atoms with E-state index in [0.717, 1.165) is 56.1 Å². The summed E-state index contributed by atoms with van der Waals surface area (Å²) in [5.74, 6) is 1.53. The van der Waals surface area contributed by atoms with Crippen LogP contribution in [0.2, 0.25) is 0 Å². The molecule has 0 saturated carbocycles. The molecule has 1 amide bonds. The molecule has 1 aromatic carbocycles. The highest BCUT2D eigenvalue weighted by Crippen LogP contribution is 2.35. The summed E-state index contributed by atoms with van der Waals surface area (Å²) in [6.07, 6.45) is 2.23. The van der Waals surface area contributed by atoms with Crippen molar-refractivity contribution in [3.63, 3.8) is 0 Å². The fourth-order valence-corrected chi connectivity index (χ4v) is 3.65. The highest BCUT2D eigenvalue weighted by atomic mass is 16.6. The first kappa shape index (κ1) is 20.9. The molecule has 0 aromatic heterocycles. The summed E-state index contributed by atoms with van der Waals surface area (Å²) in [6, 6.07) is 6.03. The molecule has 1 aromatic rings. The van der Waals surface area contributed by atoms with Gasteiger partial charge in [0.1, 0.15) is 13.2 Å². The lowest BCUT2D eigenvalue weighted by Crippen LogP contribution is -2.50. The third-order valence-electron chi connectivity index (χ3n) is 5.61. The molecule has 0 bridgehead atoms. The number of carbonyl (C=O) groups excluding carboxylic acids is 1. The van der Waals surface area contributed by atoms with Gasteiger partial charge in [-0.15, -0.1) is 0 Å². The van der Waals surface area contributed by atoms with E-state index in [9.17, 15) is 4.79 Å². The number of amides is 1. The van der Waals surface area contributed by atoms with Crippen molar-refractivity contribution in [2.24, 2.45) is 0 Å². The predicted molar refractivity (Wildman–Crippen MR) is 109 cm³/mol. The molecule has 3 rings (SSSR count). The maximum absolute atomic E-state index is 13.0. The SMILES string of the molecule is CC(C)OCCN1CCC(NC(=O)C(C)(C)c2ccc3c(c2)OCCO3)CC1. The summed E-state index contributed by atoms with van der Waals surface area (Å²) >= 11 is 0. The van der Waals surface area contributed by atoms with E-state index < -0.39 is 5.41 Å². The molecule has 1 saturated heterocycles. The van der Waals surface area contributed by atoms with E-state index in [1.165, 1.54) is 0 Å². The number of piperidine rings is 1. The van der Waals surface area contributed by atoms with E-state index in [0.29, 0.717) is 13.2 Å². The van der Waals surface area contributed by atoms with Crippen LogP contribution in [0.4, 0.5) is 0 Å². The fraction of sp³-hybridized carbons (Fsp3) is 0.682. The molecule has 6 heteroatoms. The number of hydrogen-bond donors (Lipinski definition) is 1. The van der Waals surface area contributed by atoms with Crippen molar-refractivity contribution in [3.05, 3.63) is 23.8 Å². The van der Waals surface area contributed by atoms with Gasteiger partial charge in [0.2, 0.25) is 5.91 Å². The van der Waals surface area contributed by atoms with E-state index in [1.54, 1.807) is 0 Å². The van der Waals surface area contributed by atoms with Crippen LogP contribution in [-0.4, -0.2) is 62.4 Å². The lowest BCUT2D eigenvalue weighted by molar-refractivity contribution is -0.126. The number of rotatable bonds is 7. The molecule has 0 unspecified atom stereocenters. The highest BCUT2D eigenvalue weighted by Gasteiger charge is 2.33. The number of carbonyl (C=O) groups is 1. The van der Waals surface area contributed by atoms with Crippen molar-refractivity contribution in [1.29, 1.82) is 0 Å². The van der Waals surface area contributed by atoms with Crippen LogP contribution in [0, 0.1) is 0 Å². The minimum absolute atomic E-state index is 0.0609. The minimum Gasteiger partial charge on any atom is -0.486 e. The van der Waals surface area contributed by atoms with E-state index in [4.69, 9.17) is 14.2 Å². The van der Waals surface area contributed by atoms with Crippen LogP contribution in [0.15, 0.2) is 18.2 Å². The Labute approximate surface area is 168 Å². The Kier molecular flexibility index (Phi) is 6.83. The zero-order chi connectivity index (χ0) is 20.1. The lowest BCUT2D eigenvalue weighted by atomic mass is 9.83. The standard InChI is InChI=1S/C22H34N2O4/c1-16(2)26-12-11-24-9-7-18(8-10-24)23-21(25)22(3,4)17-5-6-19-20(15-17)28-14-13-27-19/h5-6,15-16,18H,7-14H2,1-4H3,(H,23,25). The summed E-state index contributed by atoms with van der Waals surface area (Å²) < 4.78 is 16.9. The topological polar surface area (TPSA) is 60.0 Å². The molecule has 0 radical (unpaired) electrons. The number of hydrogen-bond acceptors (Lipinski definition) is 5. The Hall–Kier alpha value is -1.79. The van der Waals surface area contributed by atoms with Gasteiger partial charge in [-0.05, 0) is 58.2 Å². The van der Waals surface area contributed by atoms with Crippen LogP contribution >= 0.6 is 0 Å². The molecule has 6 nitrogen and oxygen atoms in total. The van der Waals surface area contributed by atoms with Crippen LogP contribution in [0.3, 0.4) is 0 Å². The van der Waals surface area contributed by atoms with Crippen LogP contribution < -0.4 is 14.8 Å². The van der Waals surface area contributed by atoms with Crippen LogP contribution in [0.25, 0.3) is 0 Å². The molecule has 2 aliphatic heterocycles. The smallest absolute Gasteiger partial charge is 0.230 e. The van der Waals surface area contributed by atoms with Gasteiger partial charge in [-0.1, -0.05) is 6.07 Å². The van der Waals surface area contributed by atoms with Gasteiger partial charge >= 0.3 is 0 Å². The Morgan fingerprint density at radius 3 is 2.57 bits per heavy atom. The summed E-state index contributed by atoms with van der Waals surface area (Å²) in [4.78, 5) is 15.4. The summed E-state index contributed by atoms with van der Waals surface area (Å²) in [7, 11) is 0. The van der Waals surface area contributed by atoms with Gasteiger partial charge < -0.3 is 24.4 Å². The average molecular weight is 391 g/mol. The zero-order valence-corrected chi connectivity index (χ0v) is 17.6. The van der Waals surface area contributed by atoms with Gasteiger partial charge in [0.25, 0.3) is 0 Å². The molecule has 0 spiro atoms. The van der Waals surface area contributed by atoms with Gasteiger partial charge in [-0.2, -0.15) is 0 Å². The average Bonchev–Trinajstić information content (AvgIpc) is 2.68. The third kappa shape index (κ3) is 5.17. The zero-order valence-electron chi connectivity index (χ0n) is 17.6. The van der Waals surface area contributed by atoms with Crippen LogP contribution in [-0.2, 0) is 14.9 Å². The molecule has 2 aliphatic rings. The first-order valence-corrected chi connectivity index (χ1v) is 10.4. The largest absolute Gasteiger partial charge is 0.486 e. The second-order valence-electron chi connectivity index (χ2n) is 8.49. The summed E-state index contributed by atoms with van der Waals surface area (Å²) in [6.45, 7) is 12.9. The van der Waals surface area contributed by atoms with E-state index >= 15 is 0 Å². The molecular formula is C22H34N2O4. The second kappa shape index (κ2) is 9.14. The summed E-state index contributed by atoms with van der Waals surface area (Å²) in [5.41, 5.74) is 0.315. The highest BCUT2D eigenvalue weighted by molar-refractivity contribution is 5.87. The minimum atomic E-state index is -0.627. The Morgan fingerprint density at radius 1 is 1.21 bits per heavy atom. The van der Waals surface area contributed by atoms with E-state index in [2.05, 4.69) is 24.1 Å². The second-order valence-corrected chi connectivity index (χ2v) is 8.49.